The molecule has 0 atom stereocenters. The monoisotopic (exact) mass is 330 g/mol. The molecule has 0 aliphatic rings. The zero-order valence-corrected chi connectivity index (χ0v) is 14.3. The number of hydrogen-bond acceptors (Lipinski definition) is 5. The second kappa shape index (κ2) is 9.88. The molecule has 0 aliphatic carbocycles. The highest BCUT2D eigenvalue weighted by molar-refractivity contribution is 7.53. The van der Waals surface area contributed by atoms with E-state index in [-0.39, 0.29) is 17.7 Å². The molecule has 0 unspecified atom stereocenters. The van der Waals surface area contributed by atoms with Gasteiger partial charge in [0.25, 0.3) is 0 Å². The van der Waals surface area contributed by atoms with Crippen molar-refractivity contribution < 1.29 is 23.8 Å². The molecule has 1 aromatic carbocycles. The highest BCUT2D eigenvalue weighted by atomic mass is 31.2. The molecular weight excluding hydrogens is 303 g/mol. The lowest BCUT2D eigenvalue weighted by atomic mass is 10.1. The van der Waals surface area contributed by atoms with Crippen LogP contribution >= 0.6 is 7.60 Å². The van der Waals surface area contributed by atoms with Gasteiger partial charge in [-0.1, -0.05) is 32.8 Å². The first-order valence-electron chi connectivity index (χ1n) is 7.89. The number of hydrogen-bond donors (Lipinski definition) is 2. The number of phenolic OH excluding ortho intramolecular Hbond substituents is 2. The van der Waals surface area contributed by atoms with Crippen LogP contribution in [0, 0.1) is 0 Å². The second-order valence-corrected chi connectivity index (χ2v) is 7.46. The van der Waals surface area contributed by atoms with Gasteiger partial charge < -0.3 is 19.3 Å². The van der Waals surface area contributed by atoms with Crippen LogP contribution in [0.25, 0.3) is 0 Å². The Labute approximate surface area is 132 Å². The van der Waals surface area contributed by atoms with Crippen molar-refractivity contribution in [2.75, 3.05) is 19.4 Å². The Morgan fingerprint density at radius 2 is 1.64 bits per heavy atom. The van der Waals surface area contributed by atoms with Crippen molar-refractivity contribution in [3.8, 4) is 11.5 Å². The molecule has 0 saturated heterocycles. The molecule has 0 amide bonds. The number of phenols is 2. The van der Waals surface area contributed by atoms with Crippen LogP contribution in [0.4, 0.5) is 0 Å². The molecule has 0 spiro atoms. The van der Waals surface area contributed by atoms with Gasteiger partial charge in [-0.15, -0.1) is 0 Å². The lowest BCUT2D eigenvalue weighted by molar-refractivity contribution is 0.200. The van der Waals surface area contributed by atoms with Gasteiger partial charge in [-0.05, 0) is 30.9 Å². The summed E-state index contributed by atoms with van der Waals surface area (Å²) in [7, 11) is -3.15. The molecule has 0 aliphatic heterocycles. The second-order valence-electron chi connectivity index (χ2n) is 5.27. The van der Waals surface area contributed by atoms with Crippen LogP contribution in [-0.2, 0) is 20.0 Å². The Balaban J connectivity index is 2.63. The summed E-state index contributed by atoms with van der Waals surface area (Å²) in [5, 5.41) is 19.1. The van der Waals surface area contributed by atoms with Gasteiger partial charge in [-0.2, -0.15) is 0 Å². The maximum Gasteiger partial charge on any atom is 0.331 e. The minimum atomic E-state index is -3.15. The van der Waals surface area contributed by atoms with Gasteiger partial charge in [0.1, 0.15) is 11.5 Å². The average Bonchev–Trinajstić information content (AvgIpc) is 2.47. The first-order valence-corrected chi connectivity index (χ1v) is 9.62. The highest BCUT2D eigenvalue weighted by Crippen LogP contribution is 2.49. The van der Waals surface area contributed by atoms with Crippen LogP contribution in [0.5, 0.6) is 11.5 Å². The Morgan fingerprint density at radius 1 is 1.05 bits per heavy atom. The Morgan fingerprint density at radius 3 is 2.14 bits per heavy atom. The molecular formula is C16H27O5P. The third-order valence-corrected chi connectivity index (χ3v) is 5.22. The van der Waals surface area contributed by atoms with Crippen molar-refractivity contribution in [1.29, 1.82) is 0 Å². The van der Waals surface area contributed by atoms with Gasteiger partial charge in [0, 0.05) is 6.07 Å². The maximum atomic E-state index is 12.7. The lowest BCUT2D eigenvalue weighted by Gasteiger charge is -2.19. The largest absolute Gasteiger partial charge is 0.508 e. The molecule has 1 rings (SSSR count). The molecule has 22 heavy (non-hydrogen) atoms. The van der Waals surface area contributed by atoms with Gasteiger partial charge in [0.05, 0.1) is 19.4 Å². The minimum absolute atomic E-state index is 0.00262. The minimum Gasteiger partial charge on any atom is -0.508 e. The van der Waals surface area contributed by atoms with E-state index in [1.165, 1.54) is 12.1 Å². The quantitative estimate of drug-likeness (QED) is 0.462. The fourth-order valence-corrected chi connectivity index (χ4v) is 3.55. The number of rotatable bonds is 11. The van der Waals surface area contributed by atoms with Gasteiger partial charge in [-0.25, -0.2) is 0 Å². The molecule has 0 fully saturated rings. The Hall–Kier alpha value is -1.03. The van der Waals surface area contributed by atoms with E-state index in [4.69, 9.17) is 9.05 Å². The van der Waals surface area contributed by atoms with Crippen LogP contribution in [0.15, 0.2) is 18.2 Å². The third kappa shape index (κ3) is 6.82. The smallest absolute Gasteiger partial charge is 0.331 e. The predicted molar refractivity (Wildman–Crippen MR) is 87.7 cm³/mol. The average molecular weight is 330 g/mol. The summed E-state index contributed by atoms with van der Waals surface area (Å²) < 4.78 is 23.7. The highest BCUT2D eigenvalue weighted by Gasteiger charge is 2.24. The zero-order valence-electron chi connectivity index (χ0n) is 13.5. The number of unbranched alkanes of at least 4 members (excludes halogenated alkanes) is 2. The summed E-state index contributed by atoms with van der Waals surface area (Å²) in [6.45, 7) is 4.92. The molecule has 0 saturated carbocycles. The molecule has 0 radical (unpaired) electrons. The van der Waals surface area contributed by atoms with Crippen molar-refractivity contribution in [2.24, 2.45) is 0 Å². The molecule has 5 nitrogen and oxygen atoms in total. The van der Waals surface area contributed by atoms with Gasteiger partial charge in [0.2, 0.25) is 0 Å². The summed E-state index contributed by atoms with van der Waals surface area (Å²) in [6, 6.07) is 4.39. The summed E-state index contributed by atoms with van der Waals surface area (Å²) in [5.41, 5.74) is 0.621. The summed E-state index contributed by atoms with van der Waals surface area (Å²) in [5.74, 6) is -0.00325. The summed E-state index contributed by atoms with van der Waals surface area (Å²) in [4.78, 5) is 0. The van der Waals surface area contributed by atoms with E-state index in [9.17, 15) is 14.8 Å². The topological polar surface area (TPSA) is 76.0 Å². The molecule has 2 N–H and O–H groups in total. The molecule has 1 aromatic rings. The van der Waals surface area contributed by atoms with Crippen LogP contribution in [-0.4, -0.2) is 29.6 Å². The summed E-state index contributed by atoms with van der Waals surface area (Å²) in [6.07, 6.45) is 4.21. The van der Waals surface area contributed by atoms with Crippen molar-refractivity contribution >= 4 is 7.60 Å². The lowest BCUT2D eigenvalue weighted by Crippen LogP contribution is -2.05. The number of aromatic hydroxyl groups is 2. The fraction of sp³-hybridized carbons (Fsp3) is 0.625. The standard InChI is InChI=1S/C16H27O5P/c1-3-5-10-20-22(19,21-11-6-4-2)12-9-14-7-8-15(17)13-16(14)18/h7-8,13,17-18H,3-6,9-12H2,1-2H3. The molecule has 126 valence electrons. The first kappa shape index (κ1) is 19.0. The van der Waals surface area contributed by atoms with E-state index in [0.29, 0.717) is 25.2 Å². The van der Waals surface area contributed by atoms with E-state index >= 15 is 0 Å². The van der Waals surface area contributed by atoms with Gasteiger partial charge >= 0.3 is 7.60 Å². The fourth-order valence-electron chi connectivity index (χ4n) is 1.88. The van der Waals surface area contributed by atoms with Crippen LogP contribution in [0.1, 0.15) is 45.1 Å². The molecule has 0 aromatic heterocycles. The number of benzene rings is 1. The SMILES string of the molecule is CCCCOP(=O)(CCc1ccc(O)cc1O)OCCCC. The molecule has 0 bridgehead atoms. The van der Waals surface area contributed by atoms with Crippen molar-refractivity contribution in [2.45, 2.75) is 46.0 Å². The van der Waals surface area contributed by atoms with E-state index in [1.54, 1.807) is 6.07 Å². The Kier molecular flexibility index (Phi) is 8.54. The first-order chi connectivity index (χ1) is 10.5. The van der Waals surface area contributed by atoms with E-state index in [1.807, 2.05) is 13.8 Å². The normalized spacial score (nSPS) is 11.7. The zero-order chi connectivity index (χ0) is 16.4. The van der Waals surface area contributed by atoms with E-state index in [0.717, 1.165) is 25.7 Å². The third-order valence-electron chi connectivity index (χ3n) is 3.30. The molecule has 6 heteroatoms. The number of aryl methyl sites for hydroxylation is 1. The van der Waals surface area contributed by atoms with Crippen molar-refractivity contribution in [3.05, 3.63) is 23.8 Å². The van der Waals surface area contributed by atoms with E-state index in [2.05, 4.69) is 0 Å². The summed E-state index contributed by atoms with van der Waals surface area (Å²) >= 11 is 0. The van der Waals surface area contributed by atoms with Crippen LogP contribution in [0.3, 0.4) is 0 Å². The maximum absolute atomic E-state index is 12.7. The van der Waals surface area contributed by atoms with Gasteiger partial charge in [-0.3, -0.25) is 4.57 Å². The van der Waals surface area contributed by atoms with Gasteiger partial charge in [0.15, 0.2) is 0 Å². The van der Waals surface area contributed by atoms with Crippen molar-refractivity contribution in [3.63, 3.8) is 0 Å². The molecule has 0 heterocycles. The predicted octanol–water partition coefficient (Wildman–Crippen LogP) is 4.47. The Bertz CT molecular complexity index is 475. The van der Waals surface area contributed by atoms with Crippen LogP contribution in [0.2, 0.25) is 0 Å². The van der Waals surface area contributed by atoms with Crippen molar-refractivity contribution in [1.82, 2.24) is 0 Å². The van der Waals surface area contributed by atoms with E-state index < -0.39 is 7.60 Å². The van der Waals surface area contributed by atoms with Crippen LogP contribution < -0.4 is 0 Å².